The number of nitrogens with one attached hydrogen (secondary N) is 2. The van der Waals surface area contributed by atoms with Gasteiger partial charge in [-0.3, -0.25) is 10.2 Å². The second-order valence-corrected chi connectivity index (χ2v) is 9.77. The average molecular weight is 454 g/mol. The predicted octanol–water partition coefficient (Wildman–Crippen LogP) is 5.09. The van der Waals surface area contributed by atoms with Crippen LogP contribution in [0.25, 0.3) is 10.2 Å². The van der Waals surface area contributed by atoms with Gasteiger partial charge in [0.25, 0.3) is 0 Å². The highest BCUT2D eigenvalue weighted by Crippen LogP contribution is 2.31. The van der Waals surface area contributed by atoms with Gasteiger partial charge in [0, 0.05) is 19.1 Å². The first-order valence-corrected chi connectivity index (χ1v) is 12.8. The van der Waals surface area contributed by atoms with Crippen molar-refractivity contribution in [3.8, 4) is 5.75 Å². The van der Waals surface area contributed by atoms with Crippen molar-refractivity contribution in [3.05, 3.63) is 62.8 Å². The van der Waals surface area contributed by atoms with Gasteiger partial charge in [-0.1, -0.05) is 55.7 Å². The minimum absolute atomic E-state index is 0.0164. The second kappa shape index (κ2) is 11.1. The number of benzene rings is 2. The lowest BCUT2D eigenvalue weighted by Gasteiger charge is -2.36. The summed E-state index contributed by atoms with van der Waals surface area (Å²) in [5.41, 5.74) is 8.78. The zero-order valence-corrected chi connectivity index (χ0v) is 20.1. The highest BCUT2D eigenvalue weighted by Gasteiger charge is 2.25. The number of ether oxygens (including phenoxy) is 1. The number of H-pyrrole nitrogens is 1. The van der Waals surface area contributed by atoms with E-state index in [4.69, 9.17) is 4.74 Å². The summed E-state index contributed by atoms with van der Waals surface area (Å²) in [6.45, 7) is 4.25. The summed E-state index contributed by atoms with van der Waals surface area (Å²) < 4.78 is 6.64. The number of hydrogen-bond donors (Lipinski definition) is 2. The lowest BCUT2D eigenvalue weighted by atomic mass is 9.87. The third kappa shape index (κ3) is 5.61. The first-order chi connectivity index (χ1) is 15.7. The van der Waals surface area contributed by atoms with E-state index in [-0.39, 0.29) is 4.87 Å². The Morgan fingerprint density at radius 3 is 2.97 bits per heavy atom. The van der Waals surface area contributed by atoms with Crippen molar-refractivity contribution in [2.75, 3.05) is 20.2 Å². The Labute approximate surface area is 194 Å². The van der Waals surface area contributed by atoms with Gasteiger partial charge in [0.2, 0.25) is 0 Å². The summed E-state index contributed by atoms with van der Waals surface area (Å²) >= 11 is 1.29. The summed E-state index contributed by atoms with van der Waals surface area (Å²) in [7, 11) is 1.77. The zero-order valence-electron chi connectivity index (χ0n) is 19.3. The Morgan fingerprint density at radius 2 is 2.12 bits per heavy atom. The fourth-order valence-electron chi connectivity index (χ4n) is 4.80. The molecule has 2 aromatic carbocycles. The fourth-order valence-corrected chi connectivity index (χ4v) is 5.60. The van der Waals surface area contributed by atoms with E-state index < -0.39 is 0 Å². The van der Waals surface area contributed by atoms with E-state index in [2.05, 4.69) is 52.7 Å². The number of fused-ring (bicyclic) bond motifs is 2. The van der Waals surface area contributed by atoms with E-state index in [1.54, 1.807) is 7.11 Å². The first-order valence-electron chi connectivity index (χ1n) is 11.9. The van der Waals surface area contributed by atoms with E-state index >= 15 is 0 Å². The molecule has 0 radical (unpaired) electrons. The molecule has 172 valence electrons. The first kappa shape index (κ1) is 23.0. The highest BCUT2D eigenvalue weighted by molar-refractivity contribution is 7.16. The number of unbranched alkanes of at least 4 members (excludes halogenated alkanes) is 3. The highest BCUT2D eigenvalue weighted by atomic mass is 32.1. The molecule has 5 nitrogen and oxygen atoms in total. The number of thiazole rings is 1. The Bertz CT molecular complexity index is 1070. The number of rotatable bonds is 11. The van der Waals surface area contributed by atoms with Crippen LogP contribution in [0.1, 0.15) is 55.7 Å². The van der Waals surface area contributed by atoms with E-state index in [0.717, 1.165) is 54.7 Å². The van der Waals surface area contributed by atoms with Gasteiger partial charge in [0.1, 0.15) is 5.75 Å². The fraction of sp³-hybridized carbons (Fsp3) is 0.500. The third-order valence-electron chi connectivity index (χ3n) is 6.54. The van der Waals surface area contributed by atoms with Gasteiger partial charge in [-0.2, -0.15) is 0 Å². The number of aromatic nitrogens is 1. The molecule has 1 aliphatic carbocycles. The van der Waals surface area contributed by atoms with Crippen LogP contribution < -0.4 is 15.0 Å². The average Bonchev–Trinajstić information content (AvgIpc) is 3.19. The molecule has 0 aliphatic heterocycles. The van der Waals surface area contributed by atoms with Crippen molar-refractivity contribution in [2.24, 2.45) is 0 Å². The molecule has 3 aromatic rings. The quantitative estimate of drug-likeness (QED) is 0.314. The van der Waals surface area contributed by atoms with Gasteiger partial charge in [0.05, 0.1) is 17.3 Å². The number of nitrogens with zero attached hydrogens (tertiary/aromatic N) is 1. The lowest BCUT2D eigenvalue weighted by Crippen LogP contribution is -2.49. The molecule has 6 heteroatoms. The summed E-state index contributed by atoms with van der Waals surface area (Å²) in [6.07, 6.45) is 9.31. The SMILES string of the molecule is CCCCCCN(NCCc1ccc2[nH]c(=O)sc2c1)C1CCc2c(cccc2OC)C1. The van der Waals surface area contributed by atoms with Crippen molar-refractivity contribution >= 4 is 21.6 Å². The summed E-state index contributed by atoms with van der Waals surface area (Å²) in [4.78, 5) is 14.5. The third-order valence-corrected chi connectivity index (χ3v) is 7.39. The minimum atomic E-state index is 0.0164. The Hall–Kier alpha value is -2.15. The van der Waals surface area contributed by atoms with Gasteiger partial charge in [0.15, 0.2) is 0 Å². The van der Waals surface area contributed by atoms with Crippen LogP contribution in [0.15, 0.2) is 41.2 Å². The summed E-state index contributed by atoms with van der Waals surface area (Å²) in [6, 6.07) is 13.3. The molecular weight excluding hydrogens is 418 g/mol. The van der Waals surface area contributed by atoms with Crippen LogP contribution in [-0.2, 0) is 19.3 Å². The van der Waals surface area contributed by atoms with Gasteiger partial charge < -0.3 is 9.72 Å². The monoisotopic (exact) mass is 453 g/mol. The molecule has 0 saturated heterocycles. The van der Waals surface area contributed by atoms with Crippen LogP contribution >= 0.6 is 11.3 Å². The van der Waals surface area contributed by atoms with E-state index in [0.29, 0.717) is 6.04 Å². The molecule has 4 rings (SSSR count). The normalized spacial score (nSPS) is 15.9. The molecule has 0 fully saturated rings. The molecule has 1 heterocycles. The van der Waals surface area contributed by atoms with Crippen molar-refractivity contribution in [3.63, 3.8) is 0 Å². The lowest BCUT2D eigenvalue weighted by molar-refractivity contribution is 0.109. The molecule has 0 bridgehead atoms. The van der Waals surface area contributed by atoms with Crippen LogP contribution in [0.2, 0.25) is 0 Å². The summed E-state index contributed by atoms with van der Waals surface area (Å²) in [5, 5.41) is 2.51. The maximum atomic E-state index is 11.6. The van der Waals surface area contributed by atoms with Crippen LogP contribution in [0.4, 0.5) is 0 Å². The second-order valence-electron chi connectivity index (χ2n) is 8.75. The smallest absolute Gasteiger partial charge is 0.305 e. The van der Waals surface area contributed by atoms with Crippen molar-refractivity contribution in [1.29, 1.82) is 0 Å². The standard InChI is InChI=1S/C26H35N3O2S/c1-3-4-5-6-16-29(21-11-12-22-20(18-21)8-7-9-24(22)31-2)27-15-14-19-10-13-23-25(17-19)32-26(30)28-23/h7-10,13,17,21,27H,3-6,11-12,14-16,18H2,1-2H3,(H,28,30). The predicted molar refractivity (Wildman–Crippen MR) is 134 cm³/mol. The molecule has 1 atom stereocenters. The summed E-state index contributed by atoms with van der Waals surface area (Å²) in [5.74, 6) is 1.03. The Balaban J connectivity index is 1.39. The molecule has 32 heavy (non-hydrogen) atoms. The van der Waals surface area contributed by atoms with E-state index in [9.17, 15) is 4.79 Å². The van der Waals surface area contributed by atoms with Crippen LogP contribution in [-0.4, -0.2) is 36.2 Å². The maximum absolute atomic E-state index is 11.6. The van der Waals surface area contributed by atoms with Gasteiger partial charge in [-0.25, -0.2) is 5.01 Å². The molecule has 2 N–H and O–H groups in total. The van der Waals surface area contributed by atoms with Crippen LogP contribution in [0.5, 0.6) is 5.75 Å². The number of aromatic amines is 1. The van der Waals surface area contributed by atoms with E-state index in [1.807, 2.05) is 6.07 Å². The number of methoxy groups -OCH3 is 1. The van der Waals surface area contributed by atoms with Crippen molar-refractivity contribution in [2.45, 2.75) is 64.3 Å². The van der Waals surface area contributed by atoms with Gasteiger partial charge >= 0.3 is 4.87 Å². The van der Waals surface area contributed by atoms with Crippen molar-refractivity contribution < 1.29 is 4.74 Å². The largest absolute Gasteiger partial charge is 0.496 e. The molecule has 0 amide bonds. The maximum Gasteiger partial charge on any atom is 0.305 e. The molecule has 1 aliphatic rings. The molecule has 1 aromatic heterocycles. The van der Waals surface area contributed by atoms with E-state index in [1.165, 1.54) is 53.7 Å². The van der Waals surface area contributed by atoms with Gasteiger partial charge in [-0.05, 0) is 67.0 Å². The van der Waals surface area contributed by atoms with Crippen LogP contribution in [0.3, 0.4) is 0 Å². The zero-order chi connectivity index (χ0) is 22.3. The van der Waals surface area contributed by atoms with Crippen molar-refractivity contribution in [1.82, 2.24) is 15.4 Å². The van der Waals surface area contributed by atoms with Crippen LogP contribution in [0, 0.1) is 0 Å². The molecule has 0 spiro atoms. The number of hydrazine groups is 1. The molecular formula is C26H35N3O2S. The Morgan fingerprint density at radius 1 is 1.22 bits per heavy atom. The minimum Gasteiger partial charge on any atom is -0.496 e. The number of hydrogen-bond acceptors (Lipinski definition) is 5. The topological polar surface area (TPSA) is 57.4 Å². The van der Waals surface area contributed by atoms with Gasteiger partial charge in [-0.15, -0.1) is 0 Å². The Kier molecular flexibility index (Phi) is 8.00. The molecule has 0 saturated carbocycles. The molecule has 1 unspecified atom stereocenters.